The fourth-order valence-corrected chi connectivity index (χ4v) is 1.51. The van der Waals surface area contributed by atoms with E-state index in [1.807, 2.05) is 18.2 Å². The Morgan fingerprint density at radius 2 is 1.50 bits per heavy atom. The van der Waals surface area contributed by atoms with Gasteiger partial charge in [-0.15, -0.1) is 0 Å². The van der Waals surface area contributed by atoms with Gasteiger partial charge in [0.15, 0.2) is 0 Å². The molecule has 0 saturated carbocycles. The van der Waals surface area contributed by atoms with Crippen LogP contribution >= 0.6 is 0 Å². The molecule has 0 aliphatic carbocycles. The Hall–Kier alpha value is -2.62. The number of carbonyl (C=O) groups excluding carboxylic acids is 2. The summed E-state index contributed by atoms with van der Waals surface area (Å²) < 4.78 is 0. The third-order valence-corrected chi connectivity index (χ3v) is 2.40. The zero-order valence-corrected chi connectivity index (χ0v) is 9.59. The van der Waals surface area contributed by atoms with Crippen LogP contribution in [0.5, 0.6) is 0 Å². The van der Waals surface area contributed by atoms with E-state index in [0.29, 0.717) is 23.3 Å². The summed E-state index contributed by atoms with van der Waals surface area (Å²) in [5.74, 6) is -0.160. The van der Waals surface area contributed by atoms with Crippen LogP contribution in [-0.4, -0.2) is 12.3 Å². The second-order valence-corrected chi connectivity index (χ2v) is 3.66. The van der Waals surface area contributed by atoms with Gasteiger partial charge in [-0.05, 0) is 36.4 Å². The number of benzene rings is 2. The van der Waals surface area contributed by atoms with E-state index in [2.05, 4.69) is 10.6 Å². The van der Waals surface area contributed by atoms with Crippen LogP contribution < -0.4 is 10.6 Å². The van der Waals surface area contributed by atoms with Crippen molar-refractivity contribution in [1.82, 2.24) is 0 Å². The Balaban J connectivity index is 2.05. The molecule has 0 bridgehead atoms. The molecule has 2 aromatic carbocycles. The van der Waals surface area contributed by atoms with Crippen molar-refractivity contribution in [3.8, 4) is 0 Å². The minimum Gasteiger partial charge on any atom is -0.329 e. The van der Waals surface area contributed by atoms with E-state index in [9.17, 15) is 9.59 Å². The molecular weight excluding hydrogens is 228 g/mol. The van der Waals surface area contributed by atoms with Crippen LogP contribution in [0.1, 0.15) is 10.4 Å². The van der Waals surface area contributed by atoms with E-state index < -0.39 is 0 Å². The van der Waals surface area contributed by atoms with Gasteiger partial charge in [-0.1, -0.05) is 18.2 Å². The molecular formula is C14H12N2O2. The van der Waals surface area contributed by atoms with Crippen molar-refractivity contribution in [1.29, 1.82) is 0 Å². The zero-order valence-electron chi connectivity index (χ0n) is 9.59. The topological polar surface area (TPSA) is 58.2 Å². The van der Waals surface area contributed by atoms with Gasteiger partial charge >= 0.3 is 0 Å². The summed E-state index contributed by atoms with van der Waals surface area (Å²) in [5.41, 5.74) is 1.97. The quantitative estimate of drug-likeness (QED) is 0.807. The number of rotatable bonds is 4. The highest BCUT2D eigenvalue weighted by Crippen LogP contribution is 2.14. The van der Waals surface area contributed by atoms with Crippen LogP contribution in [-0.2, 0) is 4.79 Å². The molecule has 0 unspecified atom stereocenters. The van der Waals surface area contributed by atoms with Gasteiger partial charge in [-0.25, -0.2) is 0 Å². The molecule has 0 aliphatic heterocycles. The number of carbonyl (C=O) groups is 2. The SMILES string of the molecule is O=CNc1ccc(NC(=O)c2ccccc2)cc1. The van der Waals surface area contributed by atoms with Crippen LogP contribution in [0.25, 0.3) is 0 Å². The standard InChI is InChI=1S/C14H12N2O2/c17-10-15-12-6-8-13(9-7-12)16-14(18)11-4-2-1-3-5-11/h1-10H,(H,15,17)(H,16,18). The smallest absolute Gasteiger partial charge is 0.255 e. The maximum absolute atomic E-state index is 11.8. The largest absolute Gasteiger partial charge is 0.329 e. The molecule has 2 amide bonds. The first-order valence-corrected chi connectivity index (χ1v) is 5.46. The lowest BCUT2D eigenvalue weighted by Crippen LogP contribution is -2.11. The maximum atomic E-state index is 11.8. The van der Waals surface area contributed by atoms with Gasteiger partial charge in [-0.2, -0.15) is 0 Å². The third kappa shape index (κ3) is 2.95. The number of hydrogen-bond acceptors (Lipinski definition) is 2. The van der Waals surface area contributed by atoms with E-state index in [-0.39, 0.29) is 5.91 Å². The number of anilines is 2. The van der Waals surface area contributed by atoms with Gasteiger partial charge < -0.3 is 10.6 Å². The van der Waals surface area contributed by atoms with Crippen LogP contribution in [0.3, 0.4) is 0 Å². The second-order valence-electron chi connectivity index (χ2n) is 3.66. The average Bonchev–Trinajstić information content (AvgIpc) is 2.42. The summed E-state index contributed by atoms with van der Waals surface area (Å²) in [6.07, 6.45) is 0.609. The van der Waals surface area contributed by atoms with Gasteiger partial charge in [0.05, 0.1) is 0 Å². The monoisotopic (exact) mass is 240 g/mol. The molecule has 2 rings (SSSR count). The Morgan fingerprint density at radius 3 is 2.11 bits per heavy atom. The van der Waals surface area contributed by atoms with Crippen LogP contribution in [0.15, 0.2) is 54.6 Å². The molecule has 90 valence electrons. The minimum absolute atomic E-state index is 0.160. The fraction of sp³-hybridized carbons (Fsp3) is 0. The Bertz CT molecular complexity index is 535. The Kier molecular flexibility index (Phi) is 3.71. The molecule has 18 heavy (non-hydrogen) atoms. The van der Waals surface area contributed by atoms with E-state index in [1.165, 1.54) is 0 Å². The van der Waals surface area contributed by atoms with Gasteiger partial charge in [0.1, 0.15) is 0 Å². The predicted molar refractivity (Wildman–Crippen MR) is 70.5 cm³/mol. The molecule has 4 heteroatoms. The molecule has 0 aromatic heterocycles. The number of hydrogen-bond donors (Lipinski definition) is 2. The summed E-state index contributed by atoms with van der Waals surface area (Å²) in [6.45, 7) is 0. The van der Waals surface area contributed by atoms with Gasteiger partial charge in [0.2, 0.25) is 6.41 Å². The van der Waals surface area contributed by atoms with Crippen LogP contribution in [0, 0.1) is 0 Å². The lowest BCUT2D eigenvalue weighted by molar-refractivity contribution is -0.105. The maximum Gasteiger partial charge on any atom is 0.255 e. The molecule has 0 saturated heterocycles. The molecule has 2 N–H and O–H groups in total. The second kappa shape index (κ2) is 5.63. The molecule has 2 aromatic rings. The van der Waals surface area contributed by atoms with Crippen molar-refractivity contribution in [3.63, 3.8) is 0 Å². The number of nitrogens with one attached hydrogen (secondary N) is 2. The minimum atomic E-state index is -0.160. The van der Waals surface area contributed by atoms with Gasteiger partial charge in [0.25, 0.3) is 5.91 Å². The normalized spacial score (nSPS) is 9.56. The highest BCUT2D eigenvalue weighted by molar-refractivity contribution is 6.04. The molecule has 0 radical (unpaired) electrons. The van der Waals surface area contributed by atoms with Crippen molar-refractivity contribution >= 4 is 23.7 Å². The van der Waals surface area contributed by atoms with Crippen molar-refractivity contribution in [2.45, 2.75) is 0 Å². The first-order chi connectivity index (χ1) is 8.79. The lowest BCUT2D eigenvalue weighted by Gasteiger charge is -2.06. The van der Waals surface area contributed by atoms with E-state index in [4.69, 9.17) is 0 Å². The highest BCUT2D eigenvalue weighted by atomic mass is 16.1. The van der Waals surface area contributed by atoms with Crippen molar-refractivity contribution in [2.24, 2.45) is 0 Å². The van der Waals surface area contributed by atoms with Crippen LogP contribution in [0.4, 0.5) is 11.4 Å². The van der Waals surface area contributed by atoms with Crippen molar-refractivity contribution in [2.75, 3.05) is 10.6 Å². The summed E-state index contributed by atoms with van der Waals surface area (Å²) in [7, 11) is 0. The Morgan fingerprint density at radius 1 is 0.889 bits per heavy atom. The lowest BCUT2D eigenvalue weighted by atomic mass is 10.2. The summed E-state index contributed by atoms with van der Waals surface area (Å²) in [4.78, 5) is 22.1. The Labute approximate surface area is 105 Å². The highest BCUT2D eigenvalue weighted by Gasteiger charge is 2.04. The van der Waals surface area contributed by atoms with E-state index in [1.54, 1.807) is 36.4 Å². The fourth-order valence-electron chi connectivity index (χ4n) is 1.51. The molecule has 0 heterocycles. The first-order valence-electron chi connectivity index (χ1n) is 5.46. The first kappa shape index (κ1) is 11.9. The molecule has 0 fully saturated rings. The molecule has 0 spiro atoms. The average molecular weight is 240 g/mol. The summed E-state index contributed by atoms with van der Waals surface area (Å²) >= 11 is 0. The third-order valence-electron chi connectivity index (χ3n) is 2.40. The van der Waals surface area contributed by atoms with Gasteiger partial charge in [0, 0.05) is 16.9 Å². The zero-order chi connectivity index (χ0) is 12.8. The predicted octanol–water partition coefficient (Wildman–Crippen LogP) is 2.51. The van der Waals surface area contributed by atoms with E-state index >= 15 is 0 Å². The molecule has 4 nitrogen and oxygen atoms in total. The van der Waals surface area contributed by atoms with Crippen LogP contribution in [0.2, 0.25) is 0 Å². The number of amides is 2. The van der Waals surface area contributed by atoms with Crippen molar-refractivity contribution < 1.29 is 9.59 Å². The van der Waals surface area contributed by atoms with Crippen molar-refractivity contribution in [3.05, 3.63) is 60.2 Å². The van der Waals surface area contributed by atoms with Gasteiger partial charge in [-0.3, -0.25) is 9.59 Å². The summed E-state index contributed by atoms with van der Waals surface area (Å²) in [6, 6.07) is 15.9. The molecule has 0 aliphatic rings. The summed E-state index contributed by atoms with van der Waals surface area (Å²) in [5, 5.41) is 5.30. The van der Waals surface area contributed by atoms with E-state index in [0.717, 1.165) is 0 Å². The molecule has 0 atom stereocenters.